The molecular weight excluding hydrogens is 140 g/mol. The van der Waals surface area contributed by atoms with Crippen LogP contribution < -0.4 is 11.1 Å². The molecule has 0 saturated carbocycles. The maximum Gasteiger partial charge on any atom is 0.224 e. The Hall–Kier alpha value is -0.570. The van der Waals surface area contributed by atoms with E-state index >= 15 is 0 Å². The summed E-state index contributed by atoms with van der Waals surface area (Å²) in [6.07, 6.45) is 0. The molecule has 66 valence electrons. The molecule has 3 heteroatoms. The molecule has 0 aromatic carbocycles. The Morgan fingerprint density at radius 2 is 2.00 bits per heavy atom. The van der Waals surface area contributed by atoms with Crippen molar-refractivity contribution < 1.29 is 4.79 Å². The molecule has 0 saturated heterocycles. The first-order valence-corrected chi connectivity index (χ1v) is 3.89. The van der Waals surface area contributed by atoms with Crippen molar-refractivity contribution in [3.8, 4) is 0 Å². The maximum atomic E-state index is 10.8. The van der Waals surface area contributed by atoms with Crippen molar-refractivity contribution in [2.24, 2.45) is 11.1 Å². The first kappa shape index (κ1) is 10.4. The average molecular weight is 158 g/mol. The van der Waals surface area contributed by atoms with Crippen LogP contribution >= 0.6 is 0 Å². The molecule has 0 heterocycles. The fourth-order valence-corrected chi connectivity index (χ4v) is 0.546. The lowest BCUT2D eigenvalue weighted by Crippen LogP contribution is -2.42. The molecule has 0 aromatic rings. The Morgan fingerprint density at radius 1 is 1.55 bits per heavy atom. The summed E-state index contributed by atoms with van der Waals surface area (Å²) in [6, 6.07) is 0.397. The van der Waals surface area contributed by atoms with Crippen molar-refractivity contribution in [2.75, 3.05) is 6.54 Å². The summed E-state index contributed by atoms with van der Waals surface area (Å²) >= 11 is 0. The number of rotatable bonds is 4. The van der Waals surface area contributed by atoms with Crippen LogP contribution in [0.5, 0.6) is 0 Å². The van der Waals surface area contributed by atoms with Gasteiger partial charge in [-0.15, -0.1) is 0 Å². The molecule has 0 aromatic heterocycles. The van der Waals surface area contributed by atoms with Crippen molar-refractivity contribution in [1.29, 1.82) is 0 Å². The van der Waals surface area contributed by atoms with E-state index in [1.807, 2.05) is 27.7 Å². The van der Waals surface area contributed by atoms with E-state index in [1.165, 1.54) is 0 Å². The molecule has 0 bridgehead atoms. The molecule has 0 rings (SSSR count). The third kappa shape index (κ3) is 3.98. The minimum atomic E-state index is -0.440. The highest BCUT2D eigenvalue weighted by atomic mass is 16.1. The fraction of sp³-hybridized carbons (Fsp3) is 0.875. The number of hydrogen-bond acceptors (Lipinski definition) is 2. The molecule has 0 aliphatic carbocycles. The van der Waals surface area contributed by atoms with Crippen LogP contribution in [0.3, 0.4) is 0 Å². The van der Waals surface area contributed by atoms with E-state index in [0.29, 0.717) is 12.6 Å². The molecule has 0 radical (unpaired) electrons. The van der Waals surface area contributed by atoms with Gasteiger partial charge in [0.2, 0.25) is 5.91 Å². The second kappa shape index (κ2) is 3.72. The van der Waals surface area contributed by atoms with Crippen LogP contribution in [0.4, 0.5) is 0 Å². The minimum Gasteiger partial charge on any atom is -0.369 e. The van der Waals surface area contributed by atoms with Gasteiger partial charge in [-0.05, 0) is 13.8 Å². The fourth-order valence-electron chi connectivity index (χ4n) is 0.546. The van der Waals surface area contributed by atoms with E-state index in [9.17, 15) is 4.79 Å². The predicted molar refractivity (Wildman–Crippen MR) is 46.1 cm³/mol. The van der Waals surface area contributed by atoms with Gasteiger partial charge in [0.25, 0.3) is 0 Å². The van der Waals surface area contributed by atoms with Crippen molar-refractivity contribution in [2.45, 2.75) is 33.7 Å². The standard InChI is InChI=1S/C8H18N2O/c1-6(2)10-5-8(3,4)7(9)11/h6,10H,5H2,1-4H3,(H2,9,11). The highest BCUT2D eigenvalue weighted by Gasteiger charge is 2.24. The summed E-state index contributed by atoms with van der Waals surface area (Å²) in [4.78, 5) is 10.8. The van der Waals surface area contributed by atoms with Gasteiger partial charge >= 0.3 is 0 Å². The normalized spacial score (nSPS) is 12.1. The largest absolute Gasteiger partial charge is 0.369 e. The smallest absolute Gasteiger partial charge is 0.224 e. The maximum absolute atomic E-state index is 10.8. The molecule has 3 N–H and O–H groups in total. The number of carbonyl (C=O) groups is 1. The second-order valence-electron chi connectivity index (χ2n) is 3.78. The van der Waals surface area contributed by atoms with Gasteiger partial charge in [-0.1, -0.05) is 13.8 Å². The Morgan fingerprint density at radius 3 is 2.27 bits per heavy atom. The molecule has 0 aliphatic heterocycles. The SMILES string of the molecule is CC(C)NCC(C)(C)C(N)=O. The van der Waals surface area contributed by atoms with Crippen molar-refractivity contribution in [3.63, 3.8) is 0 Å². The zero-order valence-electron chi connectivity index (χ0n) is 7.77. The number of primary amides is 1. The lowest BCUT2D eigenvalue weighted by atomic mass is 9.92. The lowest BCUT2D eigenvalue weighted by molar-refractivity contribution is -0.125. The molecule has 3 nitrogen and oxygen atoms in total. The molecule has 11 heavy (non-hydrogen) atoms. The number of carbonyl (C=O) groups excluding carboxylic acids is 1. The van der Waals surface area contributed by atoms with Gasteiger partial charge in [0.1, 0.15) is 0 Å². The molecule has 0 spiro atoms. The minimum absolute atomic E-state index is 0.259. The molecule has 0 fully saturated rings. The Kier molecular flexibility index (Phi) is 3.52. The zero-order chi connectivity index (χ0) is 9.07. The first-order valence-electron chi connectivity index (χ1n) is 3.89. The van der Waals surface area contributed by atoms with E-state index in [4.69, 9.17) is 5.73 Å². The van der Waals surface area contributed by atoms with Crippen LogP contribution in [-0.2, 0) is 4.79 Å². The molecule has 1 amide bonds. The summed E-state index contributed by atoms with van der Waals surface area (Å²) in [7, 11) is 0. The third-order valence-electron chi connectivity index (χ3n) is 1.62. The Bertz CT molecular complexity index is 141. The van der Waals surface area contributed by atoms with Crippen LogP contribution in [0.25, 0.3) is 0 Å². The predicted octanol–water partition coefficient (Wildman–Crippen LogP) is 0.496. The summed E-state index contributed by atoms with van der Waals surface area (Å²) in [6.45, 7) is 8.39. The van der Waals surface area contributed by atoms with Crippen molar-refractivity contribution >= 4 is 5.91 Å². The highest BCUT2D eigenvalue weighted by molar-refractivity contribution is 5.80. The first-order chi connectivity index (χ1) is 4.86. The Labute approximate surface area is 68.3 Å². The molecular formula is C8H18N2O. The van der Waals surface area contributed by atoms with Gasteiger partial charge in [0.15, 0.2) is 0 Å². The van der Waals surface area contributed by atoms with Gasteiger partial charge in [-0.3, -0.25) is 4.79 Å². The van der Waals surface area contributed by atoms with Crippen LogP contribution in [-0.4, -0.2) is 18.5 Å². The van der Waals surface area contributed by atoms with E-state index in [0.717, 1.165) is 0 Å². The summed E-state index contributed by atoms with van der Waals surface area (Å²) in [5, 5.41) is 3.17. The van der Waals surface area contributed by atoms with E-state index < -0.39 is 5.41 Å². The molecule has 0 unspecified atom stereocenters. The van der Waals surface area contributed by atoms with Gasteiger partial charge in [0.05, 0.1) is 5.41 Å². The molecule has 0 aliphatic rings. The van der Waals surface area contributed by atoms with Gasteiger partial charge in [-0.25, -0.2) is 0 Å². The number of amides is 1. The van der Waals surface area contributed by atoms with Crippen molar-refractivity contribution in [1.82, 2.24) is 5.32 Å². The quantitative estimate of drug-likeness (QED) is 0.626. The van der Waals surface area contributed by atoms with E-state index in [-0.39, 0.29) is 5.91 Å². The van der Waals surface area contributed by atoms with Crippen molar-refractivity contribution in [3.05, 3.63) is 0 Å². The highest BCUT2D eigenvalue weighted by Crippen LogP contribution is 2.11. The zero-order valence-corrected chi connectivity index (χ0v) is 7.77. The van der Waals surface area contributed by atoms with Gasteiger partial charge in [0, 0.05) is 12.6 Å². The number of hydrogen-bond donors (Lipinski definition) is 2. The van der Waals surface area contributed by atoms with Gasteiger partial charge in [-0.2, -0.15) is 0 Å². The van der Waals surface area contributed by atoms with Crippen LogP contribution in [0.15, 0.2) is 0 Å². The van der Waals surface area contributed by atoms with E-state index in [2.05, 4.69) is 5.32 Å². The van der Waals surface area contributed by atoms with Crippen LogP contribution in [0, 0.1) is 5.41 Å². The third-order valence-corrected chi connectivity index (χ3v) is 1.62. The van der Waals surface area contributed by atoms with Crippen LogP contribution in [0.1, 0.15) is 27.7 Å². The summed E-state index contributed by atoms with van der Waals surface area (Å²) in [5.74, 6) is -0.259. The monoisotopic (exact) mass is 158 g/mol. The van der Waals surface area contributed by atoms with Gasteiger partial charge < -0.3 is 11.1 Å². The topological polar surface area (TPSA) is 55.1 Å². The summed E-state index contributed by atoms with van der Waals surface area (Å²) < 4.78 is 0. The number of nitrogens with one attached hydrogen (secondary N) is 1. The van der Waals surface area contributed by atoms with E-state index in [1.54, 1.807) is 0 Å². The van der Waals surface area contributed by atoms with Crippen LogP contribution in [0.2, 0.25) is 0 Å². The lowest BCUT2D eigenvalue weighted by Gasteiger charge is -2.22. The number of nitrogens with two attached hydrogens (primary N) is 1. The Balaban J connectivity index is 3.83. The molecule has 0 atom stereocenters. The average Bonchev–Trinajstić information content (AvgIpc) is 1.84. The summed E-state index contributed by atoms with van der Waals surface area (Å²) in [5.41, 5.74) is 4.74. The second-order valence-corrected chi connectivity index (χ2v) is 3.78.